The van der Waals surface area contributed by atoms with Crippen LogP contribution >= 0.6 is 0 Å². The molecular formula is C24H29FN6O. The minimum Gasteiger partial charge on any atom is -0.353 e. The van der Waals surface area contributed by atoms with Crippen molar-refractivity contribution in [1.82, 2.24) is 24.6 Å². The Bertz CT molecular complexity index is 1120. The number of nitrogens with zero attached hydrogens (tertiary/aromatic N) is 6. The molecule has 8 heteroatoms. The number of carbonyl (C=O) groups is 1. The van der Waals surface area contributed by atoms with Gasteiger partial charge in [0.15, 0.2) is 5.82 Å². The third-order valence-electron chi connectivity index (χ3n) is 5.78. The number of piperazine rings is 1. The fourth-order valence-electron chi connectivity index (χ4n) is 3.91. The van der Waals surface area contributed by atoms with Gasteiger partial charge in [-0.1, -0.05) is 13.8 Å². The molecule has 0 N–H and O–H groups in total. The Hall–Kier alpha value is -3.29. The zero-order chi connectivity index (χ0) is 22.8. The van der Waals surface area contributed by atoms with Crippen molar-refractivity contribution < 1.29 is 9.18 Å². The molecule has 1 aliphatic heterocycles. The third kappa shape index (κ3) is 4.64. The molecule has 7 nitrogen and oxygen atoms in total. The Morgan fingerprint density at radius 1 is 1.09 bits per heavy atom. The summed E-state index contributed by atoms with van der Waals surface area (Å²) in [6.45, 7) is 10.7. The van der Waals surface area contributed by atoms with Gasteiger partial charge >= 0.3 is 0 Å². The van der Waals surface area contributed by atoms with Gasteiger partial charge in [0.2, 0.25) is 5.91 Å². The molecule has 0 aliphatic carbocycles. The van der Waals surface area contributed by atoms with Crippen LogP contribution < -0.4 is 4.90 Å². The molecular weight excluding hydrogens is 407 g/mol. The number of aromatic nitrogens is 4. The van der Waals surface area contributed by atoms with Gasteiger partial charge in [-0.3, -0.25) is 4.79 Å². The van der Waals surface area contributed by atoms with E-state index in [2.05, 4.69) is 33.0 Å². The lowest BCUT2D eigenvalue weighted by molar-refractivity contribution is -0.132. The first-order chi connectivity index (χ1) is 15.3. The summed E-state index contributed by atoms with van der Waals surface area (Å²) in [5.41, 5.74) is 2.46. The maximum absolute atomic E-state index is 13.7. The molecule has 1 amide bonds. The van der Waals surface area contributed by atoms with Gasteiger partial charge in [-0.15, -0.1) is 0 Å². The van der Waals surface area contributed by atoms with E-state index in [-0.39, 0.29) is 24.2 Å². The molecule has 32 heavy (non-hydrogen) atoms. The molecule has 0 unspecified atom stereocenters. The fourth-order valence-corrected chi connectivity index (χ4v) is 3.91. The first-order valence-electron chi connectivity index (χ1n) is 11.0. The maximum Gasteiger partial charge on any atom is 0.244 e. The fraction of sp³-hybridized carbons (Fsp3) is 0.417. The molecule has 168 valence electrons. The number of aryl methyl sites for hydroxylation is 2. The monoisotopic (exact) mass is 436 g/mol. The SMILES string of the molecule is Cc1ccnc(N2CCN(C(=O)Cn3nc(-c4ccc(F)c(C)c4)nc3C(C)C)CC2)c1. The van der Waals surface area contributed by atoms with Crippen LogP contribution in [0.5, 0.6) is 0 Å². The zero-order valence-electron chi connectivity index (χ0n) is 19.0. The maximum atomic E-state index is 13.7. The Morgan fingerprint density at radius 3 is 2.50 bits per heavy atom. The predicted octanol–water partition coefficient (Wildman–Crippen LogP) is 3.57. The molecule has 1 fully saturated rings. The van der Waals surface area contributed by atoms with Crippen molar-refractivity contribution in [2.45, 2.75) is 40.2 Å². The Kier molecular flexibility index (Phi) is 6.21. The molecule has 0 radical (unpaired) electrons. The van der Waals surface area contributed by atoms with Crippen LogP contribution in [0.3, 0.4) is 0 Å². The van der Waals surface area contributed by atoms with Gasteiger partial charge in [0.1, 0.15) is 24.0 Å². The lowest BCUT2D eigenvalue weighted by Gasteiger charge is -2.35. The normalized spacial score (nSPS) is 14.3. The summed E-state index contributed by atoms with van der Waals surface area (Å²) < 4.78 is 15.3. The molecule has 1 aromatic carbocycles. The molecule has 3 aromatic rings. The number of anilines is 1. The molecule has 0 saturated carbocycles. The van der Waals surface area contributed by atoms with Gasteiger partial charge < -0.3 is 9.80 Å². The van der Waals surface area contributed by atoms with E-state index in [9.17, 15) is 9.18 Å². The quantitative estimate of drug-likeness (QED) is 0.612. The van der Waals surface area contributed by atoms with E-state index in [1.165, 1.54) is 11.6 Å². The number of pyridine rings is 1. The highest BCUT2D eigenvalue weighted by atomic mass is 19.1. The lowest BCUT2D eigenvalue weighted by atomic mass is 10.1. The average molecular weight is 437 g/mol. The standard InChI is InChI=1S/C24H29FN6O/c1-16(2)24-27-23(19-5-6-20(25)18(4)14-19)28-31(24)15-22(32)30-11-9-29(10-12-30)21-13-17(3)7-8-26-21/h5-8,13-14,16H,9-12,15H2,1-4H3. The van der Waals surface area contributed by atoms with Crippen LogP contribution in [-0.4, -0.2) is 56.7 Å². The van der Waals surface area contributed by atoms with Gasteiger partial charge in [-0.05, 0) is 55.3 Å². The summed E-state index contributed by atoms with van der Waals surface area (Å²) in [5, 5.41) is 4.59. The predicted molar refractivity (Wildman–Crippen MR) is 122 cm³/mol. The molecule has 4 rings (SSSR count). The molecule has 0 atom stereocenters. The van der Waals surface area contributed by atoms with E-state index in [4.69, 9.17) is 0 Å². The number of benzene rings is 1. The van der Waals surface area contributed by atoms with Gasteiger partial charge in [0.25, 0.3) is 0 Å². The number of carbonyl (C=O) groups excluding carboxylic acids is 1. The summed E-state index contributed by atoms with van der Waals surface area (Å²) >= 11 is 0. The van der Waals surface area contributed by atoms with Crippen LogP contribution in [0.4, 0.5) is 10.2 Å². The summed E-state index contributed by atoms with van der Waals surface area (Å²) in [7, 11) is 0. The van der Waals surface area contributed by atoms with Gasteiger partial charge in [0.05, 0.1) is 0 Å². The van der Waals surface area contributed by atoms with Gasteiger partial charge in [-0.25, -0.2) is 19.0 Å². The first kappa shape index (κ1) is 21.9. The number of hydrogen-bond acceptors (Lipinski definition) is 5. The van der Waals surface area contributed by atoms with Crippen molar-refractivity contribution in [2.24, 2.45) is 0 Å². The van der Waals surface area contributed by atoms with E-state index < -0.39 is 0 Å². The van der Waals surface area contributed by atoms with Crippen LogP contribution in [0.15, 0.2) is 36.5 Å². The highest BCUT2D eigenvalue weighted by molar-refractivity contribution is 5.76. The number of amides is 1. The number of hydrogen-bond donors (Lipinski definition) is 0. The Morgan fingerprint density at radius 2 is 1.84 bits per heavy atom. The van der Waals surface area contributed by atoms with E-state index in [0.29, 0.717) is 24.5 Å². The minimum atomic E-state index is -0.257. The van der Waals surface area contributed by atoms with E-state index >= 15 is 0 Å². The number of halogens is 1. The van der Waals surface area contributed by atoms with E-state index in [0.717, 1.165) is 30.3 Å². The van der Waals surface area contributed by atoms with Crippen molar-refractivity contribution >= 4 is 11.7 Å². The second-order valence-corrected chi connectivity index (χ2v) is 8.63. The molecule has 1 saturated heterocycles. The van der Waals surface area contributed by atoms with Crippen LogP contribution in [0.2, 0.25) is 0 Å². The van der Waals surface area contributed by atoms with Crippen molar-refractivity contribution in [3.63, 3.8) is 0 Å². The second kappa shape index (κ2) is 9.06. The minimum absolute atomic E-state index is 0.0236. The molecule has 2 aromatic heterocycles. The Balaban J connectivity index is 1.46. The smallest absolute Gasteiger partial charge is 0.244 e. The van der Waals surface area contributed by atoms with Gasteiger partial charge in [-0.2, -0.15) is 5.10 Å². The Labute approximate surface area is 187 Å². The van der Waals surface area contributed by atoms with Crippen LogP contribution in [-0.2, 0) is 11.3 Å². The van der Waals surface area contributed by atoms with Crippen LogP contribution in [0.1, 0.15) is 36.7 Å². The highest BCUT2D eigenvalue weighted by Crippen LogP contribution is 2.22. The van der Waals surface area contributed by atoms with Crippen LogP contribution in [0, 0.1) is 19.7 Å². The van der Waals surface area contributed by atoms with E-state index in [1.54, 1.807) is 23.7 Å². The highest BCUT2D eigenvalue weighted by Gasteiger charge is 2.24. The van der Waals surface area contributed by atoms with Crippen molar-refractivity contribution in [3.05, 3.63) is 59.3 Å². The summed E-state index contributed by atoms with van der Waals surface area (Å²) in [5.74, 6) is 2.09. The molecule has 1 aliphatic rings. The zero-order valence-corrected chi connectivity index (χ0v) is 19.0. The first-order valence-corrected chi connectivity index (χ1v) is 11.0. The lowest BCUT2D eigenvalue weighted by Crippen LogP contribution is -2.50. The van der Waals surface area contributed by atoms with Gasteiger partial charge in [0, 0.05) is 43.9 Å². The van der Waals surface area contributed by atoms with Crippen molar-refractivity contribution in [3.8, 4) is 11.4 Å². The summed E-state index contributed by atoms with van der Waals surface area (Å²) in [6, 6.07) is 8.88. The third-order valence-corrected chi connectivity index (χ3v) is 5.78. The number of rotatable bonds is 5. The van der Waals surface area contributed by atoms with Crippen LogP contribution in [0.25, 0.3) is 11.4 Å². The molecule has 0 spiro atoms. The molecule has 0 bridgehead atoms. The van der Waals surface area contributed by atoms with Crippen molar-refractivity contribution in [2.75, 3.05) is 31.1 Å². The molecule has 3 heterocycles. The van der Waals surface area contributed by atoms with E-state index in [1.807, 2.05) is 31.0 Å². The topological polar surface area (TPSA) is 67.2 Å². The second-order valence-electron chi connectivity index (χ2n) is 8.63. The summed E-state index contributed by atoms with van der Waals surface area (Å²) in [4.78, 5) is 26.2. The summed E-state index contributed by atoms with van der Waals surface area (Å²) in [6.07, 6.45) is 1.82. The van der Waals surface area contributed by atoms with Crippen molar-refractivity contribution in [1.29, 1.82) is 0 Å². The average Bonchev–Trinajstić information content (AvgIpc) is 3.20. The largest absolute Gasteiger partial charge is 0.353 e.